The zero-order valence-corrected chi connectivity index (χ0v) is 11.4. The number of guanidine groups is 1. The van der Waals surface area contributed by atoms with Crippen LogP contribution in [0.5, 0.6) is 0 Å². The summed E-state index contributed by atoms with van der Waals surface area (Å²) >= 11 is 0. The highest BCUT2D eigenvalue weighted by Crippen LogP contribution is 2.13. The highest BCUT2D eigenvalue weighted by atomic mass is 15.4. The van der Waals surface area contributed by atoms with Crippen LogP contribution in [-0.2, 0) is 13.6 Å². The summed E-state index contributed by atoms with van der Waals surface area (Å²) in [6.07, 6.45) is 1.67. The van der Waals surface area contributed by atoms with Crippen LogP contribution >= 0.6 is 0 Å². The van der Waals surface area contributed by atoms with Crippen LogP contribution in [0.3, 0.4) is 0 Å². The lowest BCUT2D eigenvalue weighted by Gasteiger charge is -2.07. The van der Waals surface area contributed by atoms with Gasteiger partial charge in [0.15, 0.2) is 5.96 Å². The summed E-state index contributed by atoms with van der Waals surface area (Å²) in [6.45, 7) is 4.51. The molecule has 0 aliphatic carbocycles. The molecule has 0 aliphatic rings. The molecule has 0 saturated carbocycles. The number of aliphatic imine (C=N–C) groups is 1. The highest BCUT2D eigenvalue weighted by Gasteiger charge is 1.99. The number of nitrogens with two attached hydrogens (primary N) is 1. The Morgan fingerprint density at radius 2 is 2.00 bits per heavy atom. The number of benzene rings is 1. The number of hydrogen-bond donors (Lipinski definition) is 2. The van der Waals surface area contributed by atoms with Gasteiger partial charge in [0.25, 0.3) is 0 Å². The second-order valence-electron chi connectivity index (χ2n) is 4.53. The van der Waals surface area contributed by atoms with Gasteiger partial charge in [-0.15, -0.1) is 0 Å². The molecule has 1 aromatic heterocycles. The second kappa shape index (κ2) is 5.51. The van der Waals surface area contributed by atoms with E-state index in [2.05, 4.69) is 26.6 Å². The second-order valence-corrected chi connectivity index (χ2v) is 4.53. The molecule has 1 heterocycles. The van der Waals surface area contributed by atoms with Gasteiger partial charge < -0.3 is 11.1 Å². The maximum Gasteiger partial charge on any atom is 0.193 e. The Morgan fingerprint density at radius 1 is 1.32 bits per heavy atom. The number of anilines is 1. The van der Waals surface area contributed by atoms with Crippen molar-refractivity contribution in [2.45, 2.75) is 20.4 Å². The maximum absolute atomic E-state index is 5.84. The van der Waals surface area contributed by atoms with E-state index < -0.39 is 0 Å². The first kappa shape index (κ1) is 13.1. The predicted molar refractivity (Wildman–Crippen MR) is 75.9 cm³/mol. The maximum atomic E-state index is 5.84. The third kappa shape index (κ3) is 3.80. The summed E-state index contributed by atoms with van der Waals surface area (Å²) in [5.41, 5.74) is 9.94. The molecule has 0 spiro atoms. The summed E-state index contributed by atoms with van der Waals surface area (Å²) in [7, 11) is 1.77. The third-order valence-corrected chi connectivity index (χ3v) is 2.55. The van der Waals surface area contributed by atoms with E-state index in [1.165, 1.54) is 15.9 Å². The minimum Gasteiger partial charge on any atom is -0.370 e. The van der Waals surface area contributed by atoms with Crippen LogP contribution in [0.1, 0.15) is 16.8 Å². The standard InChI is InChI=1S/C13H18N6/c1-9-4-10(2)6-11(5-9)17-13(14)15-7-12-8-16-19(3)18-12/h4-6,8H,7H2,1-3H3,(H3,14,15,17). The summed E-state index contributed by atoms with van der Waals surface area (Å²) < 4.78 is 0. The van der Waals surface area contributed by atoms with E-state index in [4.69, 9.17) is 5.73 Å². The predicted octanol–water partition coefficient (Wildman–Crippen LogP) is 1.36. The number of nitrogens with zero attached hydrogens (tertiary/aromatic N) is 4. The van der Waals surface area contributed by atoms with Crippen LogP contribution in [0.25, 0.3) is 0 Å². The minimum absolute atomic E-state index is 0.371. The number of aryl methyl sites for hydroxylation is 3. The molecule has 0 saturated heterocycles. The van der Waals surface area contributed by atoms with Crippen molar-refractivity contribution in [2.75, 3.05) is 5.32 Å². The zero-order chi connectivity index (χ0) is 13.8. The number of rotatable bonds is 3. The van der Waals surface area contributed by atoms with Crippen molar-refractivity contribution >= 4 is 11.6 Å². The fourth-order valence-electron chi connectivity index (χ4n) is 1.86. The summed E-state index contributed by atoms with van der Waals surface area (Å²) in [5.74, 6) is 0.371. The Balaban J connectivity index is 2.01. The van der Waals surface area contributed by atoms with Crippen LogP contribution < -0.4 is 11.1 Å². The van der Waals surface area contributed by atoms with Crippen molar-refractivity contribution in [2.24, 2.45) is 17.8 Å². The first-order chi connectivity index (χ1) is 9.02. The first-order valence-corrected chi connectivity index (χ1v) is 6.03. The molecule has 0 fully saturated rings. The number of nitrogens with one attached hydrogen (secondary N) is 1. The van der Waals surface area contributed by atoms with Gasteiger partial charge in [0.05, 0.1) is 12.7 Å². The molecule has 6 heteroatoms. The summed E-state index contributed by atoms with van der Waals surface area (Å²) in [5, 5.41) is 11.2. The van der Waals surface area contributed by atoms with Crippen LogP contribution in [0.2, 0.25) is 0 Å². The van der Waals surface area contributed by atoms with Crippen molar-refractivity contribution in [3.63, 3.8) is 0 Å². The Kier molecular flexibility index (Phi) is 3.79. The fourth-order valence-corrected chi connectivity index (χ4v) is 1.86. The van der Waals surface area contributed by atoms with Crippen molar-refractivity contribution < 1.29 is 0 Å². The van der Waals surface area contributed by atoms with Crippen molar-refractivity contribution in [1.82, 2.24) is 15.0 Å². The molecule has 6 nitrogen and oxygen atoms in total. The average molecular weight is 258 g/mol. The molecule has 100 valence electrons. The molecule has 2 aromatic rings. The van der Waals surface area contributed by atoms with Gasteiger partial charge in [0.1, 0.15) is 5.69 Å². The smallest absolute Gasteiger partial charge is 0.193 e. The number of aromatic nitrogens is 3. The molecular formula is C13H18N6. The van der Waals surface area contributed by atoms with Crippen LogP contribution in [0.15, 0.2) is 29.4 Å². The first-order valence-electron chi connectivity index (χ1n) is 6.03. The fraction of sp³-hybridized carbons (Fsp3) is 0.308. The lowest BCUT2D eigenvalue weighted by atomic mass is 10.1. The molecule has 0 unspecified atom stereocenters. The Hall–Kier alpha value is -2.37. The molecule has 19 heavy (non-hydrogen) atoms. The molecule has 0 bridgehead atoms. The van der Waals surface area contributed by atoms with E-state index in [9.17, 15) is 0 Å². The average Bonchev–Trinajstić information content (AvgIpc) is 2.71. The third-order valence-electron chi connectivity index (χ3n) is 2.55. The zero-order valence-electron chi connectivity index (χ0n) is 11.4. The van der Waals surface area contributed by atoms with Gasteiger partial charge in [-0.05, 0) is 37.1 Å². The van der Waals surface area contributed by atoms with E-state index in [1.54, 1.807) is 13.2 Å². The Labute approximate surface area is 112 Å². The topological polar surface area (TPSA) is 81.1 Å². The van der Waals surface area contributed by atoms with Crippen LogP contribution in [0.4, 0.5) is 5.69 Å². The molecule has 1 aromatic carbocycles. The summed E-state index contributed by atoms with van der Waals surface area (Å²) in [6, 6.07) is 6.16. The van der Waals surface area contributed by atoms with Gasteiger partial charge in [-0.3, -0.25) is 0 Å². The van der Waals surface area contributed by atoms with Gasteiger partial charge in [-0.2, -0.15) is 15.0 Å². The molecule has 0 radical (unpaired) electrons. The van der Waals surface area contributed by atoms with Crippen LogP contribution in [0, 0.1) is 13.8 Å². The molecule has 2 rings (SSSR count). The van der Waals surface area contributed by atoms with Crippen molar-refractivity contribution in [3.05, 3.63) is 41.2 Å². The van der Waals surface area contributed by atoms with Crippen LogP contribution in [-0.4, -0.2) is 21.0 Å². The minimum atomic E-state index is 0.371. The molecule has 0 atom stereocenters. The number of hydrogen-bond acceptors (Lipinski definition) is 3. The quantitative estimate of drug-likeness (QED) is 0.643. The summed E-state index contributed by atoms with van der Waals surface area (Å²) in [4.78, 5) is 5.73. The Morgan fingerprint density at radius 3 is 2.58 bits per heavy atom. The van der Waals surface area contributed by atoms with Gasteiger partial charge in [0, 0.05) is 12.7 Å². The lowest BCUT2D eigenvalue weighted by Crippen LogP contribution is -2.22. The van der Waals surface area contributed by atoms with Gasteiger partial charge in [-0.1, -0.05) is 6.07 Å². The SMILES string of the molecule is Cc1cc(C)cc(NC(N)=NCc2cnn(C)n2)c1. The van der Waals surface area contributed by atoms with Gasteiger partial charge in [0.2, 0.25) is 0 Å². The normalized spacial score (nSPS) is 11.6. The molecule has 0 amide bonds. The van der Waals surface area contributed by atoms with E-state index in [0.717, 1.165) is 11.4 Å². The molecular weight excluding hydrogens is 240 g/mol. The van der Waals surface area contributed by atoms with E-state index >= 15 is 0 Å². The van der Waals surface area contributed by atoms with Gasteiger partial charge in [-0.25, -0.2) is 4.99 Å². The van der Waals surface area contributed by atoms with E-state index in [-0.39, 0.29) is 0 Å². The van der Waals surface area contributed by atoms with Gasteiger partial charge >= 0.3 is 0 Å². The van der Waals surface area contributed by atoms with E-state index in [0.29, 0.717) is 12.5 Å². The largest absolute Gasteiger partial charge is 0.370 e. The lowest BCUT2D eigenvalue weighted by molar-refractivity contribution is 0.645. The monoisotopic (exact) mass is 258 g/mol. The van der Waals surface area contributed by atoms with Crippen molar-refractivity contribution in [1.29, 1.82) is 0 Å². The Bertz CT molecular complexity index is 579. The van der Waals surface area contributed by atoms with Crippen molar-refractivity contribution in [3.8, 4) is 0 Å². The molecule has 0 aliphatic heterocycles. The molecule has 3 N–H and O–H groups in total. The highest BCUT2D eigenvalue weighted by molar-refractivity contribution is 5.92. The van der Waals surface area contributed by atoms with E-state index in [1.807, 2.05) is 26.0 Å².